The topological polar surface area (TPSA) is 85.2 Å². The van der Waals surface area contributed by atoms with Crippen molar-refractivity contribution in [1.82, 2.24) is 20.0 Å². The number of nitrogens with zero attached hydrogens (tertiary/aromatic N) is 3. The highest BCUT2D eigenvalue weighted by Crippen LogP contribution is 2.33. The third-order valence-electron chi connectivity index (χ3n) is 5.89. The molecule has 2 unspecified atom stereocenters. The van der Waals surface area contributed by atoms with Crippen LogP contribution in [0.4, 0.5) is 0 Å². The van der Waals surface area contributed by atoms with Gasteiger partial charge in [0.25, 0.3) is 0 Å². The second-order valence-corrected chi connectivity index (χ2v) is 7.71. The third-order valence-corrected chi connectivity index (χ3v) is 5.89. The summed E-state index contributed by atoms with van der Waals surface area (Å²) in [5, 5.41) is 22.7. The Labute approximate surface area is 193 Å². The smallest absolute Gasteiger partial charge is 0.150 e. The molecule has 7 nitrogen and oxygen atoms in total. The molecule has 0 radical (unpaired) electrons. The summed E-state index contributed by atoms with van der Waals surface area (Å²) in [7, 11) is 3.39. The van der Waals surface area contributed by atoms with Gasteiger partial charge in [-0.05, 0) is 55.4 Å². The summed E-state index contributed by atoms with van der Waals surface area (Å²) in [6.07, 6.45) is 8.80. The highest BCUT2D eigenvalue weighted by Gasteiger charge is 2.20. The number of hydrogen-bond acceptors (Lipinski definition) is 5. The summed E-state index contributed by atoms with van der Waals surface area (Å²) < 4.78 is 19.0. The van der Waals surface area contributed by atoms with E-state index in [4.69, 9.17) is 10.8 Å². The number of aromatic amines is 1. The van der Waals surface area contributed by atoms with Crippen molar-refractivity contribution in [2.24, 2.45) is 0 Å². The van der Waals surface area contributed by atoms with E-state index in [2.05, 4.69) is 34.4 Å². The molecule has 3 heterocycles. The van der Waals surface area contributed by atoms with Crippen LogP contribution in [0.15, 0.2) is 36.7 Å². The number of aromatic nitrogens is 4. The first kappa shape index (κ1) is 22.6. The van der Waals surface area contributed by atoms with Gasteiger partial charge >= 0.3 is 0 Å². The zero-order valence-corrected chi connectivity index (χ0v) is 20.1. The summed E-state index contributed by atoms with van der Waals surface area (Å²) in [6.45, 7) is 4.98. The quantitative estimate of drug-likeness (QED) is 0.412. The lowest BCUT2D eigenvalue weighted by Crippen LogP contribution is -2.18. The van der Waals surface area contributed by atoms with E-state index < -0.39 is 0 Å². The van der Waals surface area contributed by atoms with Gasteiger partial charge in [-0.15, -0.1) is 0 Å². The number of methoxy groups -OCH3 is 1. The molecule has 2 N–H and O–H groups in total. The number of aryl methyl sites for hydroxylation is 2. The van der Waals surface area contributed by atoms with Crippen molar-refractivity contribution in [2.45, 2.75) is 52.2 Å². The Kier molecular flexibility index (Phi) is 7.61. The van der Waals surface area contributed by atoms with Gasteiger partial charge in [-0.1, -0.05) is 26.0 Å². The van der Waals surface area contributed by atoms with Crippen molar-refractivity contribution in [1.29, 1.82) is 1.28 Å². The molecule has 0 saturated carbocycles. The van der Waals surface area contributed by atoms with Gasteiger partial charge in [0, 0.05) is 6.61 Å². The lowest BCUT2D eigenvalue weighted by molar-refractivity contribution is -0.0366. The zero-order chi connectivity index (χ0) is 23.8. The van der Waals surface area contributed by atoms with Gasteiger partial charge in [0.2, 0.25) is 0 Å². The summed E-state index contributed by atoms with van der Waals surface area (Å²) in [6, 6.07) is 8.10. The van der Waals surface area contributed by atoms with Gasteiger partial charge in [-0.25, -0.2) is 4.68 Å². The lowest BCUT2D eigenvalue weighted by atomic mass is 10.1. The van der Waals surface area contributed by atoms with Gasteiger partial charge in [-0.3, -0.25) is 5.10 Å². The number of phenols is 1. The number of rotatable bonds is 4. The third kappa shape index (κ3) is 4.59. The van der Waals surface area contributed by atoms with Gasteiger partial charge in [0.05, 0.1) is 42.6 Å². The Hall–Kier alpha value is -2.63. The fourth-order valence-corrected chi connectivity index (χ4v) is 4.14. The molecule has 1 fully saturated rings. The van der Waals surface area contributed by atoms with E-state index in [1.807, 2.05) is 29.9 Å². The van der Waals surface area contributed by atoms with Gasteiger partial charge in [0.15, 0.2) is 6.23 Å². The highest BCUT2D eigenvalue weighted by molar-refractivity contribution is 6.92. The molecule has 1 aliphatic rings. The highest BCUT2D eigenvalue weighted by atomic mass is 31.0. The van der Waals surface area contributed by atoms with E-state index in [1.54, 1.807) is 23.2 Å². The van der Waals surface area contributed by atoms with Crippen molar-refractivity contribution >= 4 is 31.6 Å². The molecular weight excluding hydrogens is 423 g/mol. The molecule has 1 aliphatic heterocycles. The number of benzene rings is 2. The number of phenolic OH excluding ortho intramolecular Hbond substituents is 1. The standard InChI is InChI=1S/C15H20N2O2.C9H10N2O.H3P/c1-3-11-7-8-13-12(15(11)18-2)10-16-17(13)14-6-4-5-9-19-14;1-2-6-3-4-8-7(9(6)12)5-10-11-8;/h7-8,10,14H,3-6,9H2,1-2H3;3-5,12H,2H2,1H3,(H,10,11);1H3/i;;1D. The van der Waals surface area contributed by atoms with Gasteiger partial charge < -0.3 is 14.6 Å². The van der Waals surface area contributed by atoms with Crippen molar-refractivity contribution in [3.05, 3.63) is 47.8 Å². The monoisotopic (exact) mass is 457 g/mol. The van der Waals surface area contributed by atoms with Crippen LogP contribution >= 0.6 is 9.84 Å². The minimum absolute atomic E-state index is 0.0726. The maximum atomic E-state index is 9.68. The molecule has 32 heavy (non-hydrogen) atoms. The normalized spacial score (nSPS) is 16.0. The van der Waals surface area contributed by atoms with Crippen molar-refractivity contribution < 1.29 is 14.6 Å². The number of hydrogen-bond donors (Lipinski definition) is 2. The number of nitrogens with one attached hydrogen (secondary N) is 1. The van der Waals surface area contributed by atoms with Crippen LogP contribution in [0.1, 0.15) is 50.5 Å². The van der Waals surface area contributed by atoms with Crippen molar-refractivity contribution in [2.75, 3.05) is 13.7 Å². The van der Waals surface area contributed by atoms with Crippen LogP contribution in [-0.2, 0) is 17.6 Å². The first-order chi connectivity index (χ1) is 16.2. The molecule has 0 spiro atoms. The van der Waals surface area contributed by atoms with E-state index in [1.165, 1.54) is 12.0 Å². The molecule has 4 aromatic rings. The van der Waals surface area contributed by atoms with E-state index in [0.717, 1.165) is 65.4 Å². The molecular formula is C24H33N4O3P. The first-order valence-corrected chi connectivity index (χ1v) is 11.0. The fraction of sp³-hybridized carbons (Fsp3) is 0.417. The fourth-order valence-electron chi connectivity index (χ4n) is 4.14. The molecule has 1 saturated heterocycles. The van der Waals surface area contributed by atoms with Crippen molar-refractivity contribution in [3.8, 4) is 11.5 Å². The number of H-pyrrole nitrogens is 1. The average molecular weight is 458 g/mol. The molecule has 172 valence electrons. The van der Waals surface area contributed by atoms with Crippen LogP contribution in [0.5, 0.6) is 11.5 Å². The van der Waals surface area contributed by atoms with E-state index in [9.17, 15) is 5.11 Å². The second kappa shape index (κ2) is 10.8. The summed E-state index contributed by atoms with van der Waals surface area (Å²) >= 11 is 0. The maximum absolute atomic E-state index is 9.68. The molecule has 0 amide bonds. The molecule has 8 heteroatoms. The predicted octanol–water partition coefficient (Wildman–Crippen LogP) is 5.20. The Morgan fingerprint density at radius 1 is 1.16 bits per heavy atom. The van der Waals surface area contributed by atoms with Crippen molar-refractivity contribution in [3.63, 3.8) is 0 Å². The van der Waals surface area contributed by atoms with Crippen LogP contribution < -0.4 is 4.74 Å². The minimum Gasteiger partial charge on any atom is -0.507 e. The Balaban J connectivity index is 0.000000188. The van der Waals surface area contributed by atoms with E-state index >= 15 is 0 Å². The summed E-state index contributed by atoms with van der Waals surface area (Å²) in [5.41, 5.74) is 4.16. The molecule has 2 aromatic carbocycles. The van der Waals surface area contributed by atoms with Crippen LogP contribution in [-0.4, -0.2) is 40.1 Å². The maximum Gasteiger partial charge on any atom is 0.150 e. The SMILES string of the molecule is CCc1ccc2[nH]ncc2c1O.CCc1ccc2c(cnn2C2CCCCO2)c1OC.[2H]P. The van der Waals surface area contributed by atoms with Crippen LogP contribution in [0.3, 0.4) is 0 Å². The molecule has 2 atom stereocenters. The second-order valence-electron chi connectivity index (χ2n) is 7.71. The molecule has 2 aromatic heterocycles. The Bertz CT molecular complexity index is 1170. The number of aromatic hydroxyl groups is 1. The molecule has 5 rings (SSSR count). The summed E-state index contributed by atoms with van der Waals surface area (Å²) in [4.78, 5) is 0. The van der Waals surface area contributed by atoms with E-state index in [0.29, 0.717) is 5.75 Å². The van der Waals surface area contributed by atoms with Gasteiger partial charge in [0.1, 0.15) is 11.5 Å². The first-order valence-electron chi connectivity index (χ1n) is 11.5. The average Bonchev–Trinajstić information content (AvgIpc) is 3.53. The summed E-state index contributed by atoms with van der Waals surface area (Å²) in [5.74, 6) is 1.30. The van der Waals surface area contributed by atoms with Crippen LogP contribution in [0.25, 0.3) is 21.8 Å². The minimum atomic E-state index is 0.0726. The van der Waals surface area contributed by atoms with Gasteiger partial charge in [-0.2, -0.15) is 20.0 Å². The number of ether oxygens (including phenoxy) is 2. The Morgan fingerprint density at radius 3 is 2.62 bits per heavy atom. The van der Waals surface area contributed by atoms with E-state index in [-0.39, 0.29) is 6.23 Å². The molecule has 0 bridgehead atoms. The number of fused-ring (bicyclic) bond motifs is 2. The zero-order valence-electron chi connectivity index (χ0n) is 20.0. The van der Waals surface area contributed by atoms with Crippen LogP contribution in [0, 0.1) is 0 Å². The lowest BCUT2D eigenvalue weighted by Gasteiger charge is -2.23. The predicted molar refractivity (Wildman–Crippen MR) is 133 cm³/mol. The largest absolute Gasteiger partial charge is 0.507 e. The Morgan fingerprint density at radius 2 is 1.94 bits per heavy atom. The van der Waals surface area contributed by atoms with Crippen LogP contribution in [0.2, 0.25) is 0 Å². The molecule has 0 aliphatic carbocycles.